The Morgan fingerprint density at radius 3 is 2.05 bits per heavy atom. The summed E-state index contributed by atoms with van der Waals surface area (Å²) in [5.74, 6) is 8.43. The van der Waals surface area contributed by atoms with Crippen LogP contribution in [0.5, 0.6) is 0 Å². The van der Waals surface area contributed by atoms with Crippen molar-refractivity contribution in [3.63, 3.8) is 0 Å². The number of nitrogens with two attached hydrogens (primary N) is 1. The van der Waals surface area contributed by atoms with Gasteiger partial charge < -0.3 is 0 Å². The predicted octanol–water partition coefficient (Wildman–Crippen LogP) is 4.64. The molecule has 114 valence electrons. The van der Waals surface area contributed by atoms with Gasteiger partial charge in [0.05, 0.1) is 0 Å². The van der Waals surface area contributed by atoms with Crippen LogP contribution in [0.15, 0.2) is 0 Å². The van der Waals surface area contributed by atoms with Crippen LogP contribution in [0.2, 0.25) is 0 Å². The fourth-order valence-electron chi connectivity index (χ4n) is 3.64. The highest BCUT2D eigenvalue weighted by molar-refractivity contribution is 4.81. The summed E-state index contributed by atoms with van der Waals surface area (Å²) in [6, 6.07) is 0.565. The van der Waals surface area contributed by atoms with Gasteiger partial charge in [0, 0.05) is 6.04 Å². The van der Waals surface area contributed by atoms with Gasteiger partial charge in [-0.25, -0.2) is 0 Å². The maximum absolute atomic E-state index is 5.79. The molecule has 1 unspecified atom stereocenters. The van der Waals surface area contributed by atoms with E-state index in [9.17, 15) is 0 Å². The van der Waals surface area contributed by atoms with Crippen LogP contribution in [0.3, 0.4) is 0 Å². The highest BCUT2D eigenvalue weighted by Gasteiger charge is 2.27. The molecule has 1 saturated carbocycles. The van der Waals surface area contributed by atoms with Gasteiger partial charge in [-0.1, -0.05) is 52.9 Å². The molecule has 1 aliphatic carbocycles. The molecular weight excluding hydrogens is 232 g/mol. The Balaban J connectivity index is 2.20. The third-order valence-electron chi connectivity index (χ3n) is 5.16. The minimum atomic E-state index is 0.565. The van der Waals surface area contributed by atoms with Crippen LogP contribution in [0.25, 0.3) is 0 Å². The summed E-state index contributed by atoms with van der Waals surface area (Å²) in [6.07, 6.45) is 13.7. The zero-order chi connectivity index (χ0) is 14.1. The molecule has 2 heteroatoms. The molecule has 3 N–H and O–H groups in total. The molecule has 19 heavy (non-hydrogen) atoms. The molecule has 0 spiro atoms. The van der Waals surface area contributed by atoms with Crippen molar-refractivity contribution in [3.05, 3.63) is 0 Å². The highest BCUT2D eigenvalue weighted by atomic mass is 15.2. The van der Waals surface area contributed by atoms with E-state index in [0.29, 0.717) is 6.04 Å². The fraction of sp³-hybridized carbons (Fsp3) is 1.00. The highest BCUT2D eigenvalue weighted by Crippen LogP contribution is 2.35. The largest absolute Gasteiger partial charge is 0.271 e. The molecule has 0 saturated heterocycles. The number of hydrogen-bond donors (Lipinski definition) is 2. The van der Waals surface area contributed by atoms with Gasteiger partial charge in [-0.05, 0) is 49.9 Å². The molecule has 1 rings (SSSR count). The third-order valence-corrected chi connectivity index (χ3v) is 5.16. The molecule has 1 fully saturated rings. The molecule has 0 aromatic rings. The summed E-state index contributed by atoms with van der Waals surface area (Å²) >= 11 is 0. The zero-order valence-electron chi connectivity index (χ0n) is 13.5. The summed E-state index contributed by atoms with van der Waals surface area (Å²) in [7, 11) is 0. The second-order valence-electron chi connectivity index (χ2n) is 6.89. The van der Waals surface area contributed by atoms with Gasteiger partial charge in [0.15, 0.2) is 0 Å². The Labute approximate surface area is 120 Å². The maximum atomic E-state index is 5.79. The average molecular weight is 268 g/mol. The van der Waals surface area contributed by atoms with Crippen LogP contribution < -0.4 is 11.3 Å². The van der Waals surface area contributed by atoms with Gasteiger partial charge in [0.2, 0.25) is 0 Å². The molecule has 0 aromatic carbocycles. The van der Waals surface area contributed by atoms with Crippen molar-refractivity contribution >= 4 is 0 Å². The van der Waals surface area contributed by atoms with Crippen molar-refractivity contribution in [3.8, 4) is 0 Å². The molecule has 2 nitrogen and oxygen atoms in total. The topological polar surface area (TPSA) is 38.0 Å². The van der Waals surface area contributed by atoms with E-state index < -0.39 is 0 Å². The third kappa shape index (κ3) is 6.27. The normalized spacial score (nSPS) is 25.7. The lowest BCUT2D eigenvalue weighted by atomic mass is 9.74. The number of rotatable bonds is 9. The lowest BCUT2D eigenvalue weighted by Crippen LogP contribution is -2.42. The van der Waals surface area contributed by atoms with Crippen molar-refractivity contribution < 1.29 is 0 Å². The Hall–Kier alpha value is -0.0800. The first kappa shape index (κ1) is 17.0. The standard InChI is InChI=1S/C17H36N2/c1-4-5-6-7-8-9-17(19-18)16-12-10-15(11-13-16)14(2)3/h14-17,19H,4-13,18H2,1-3H3. The first-order valence-corrected chi connectivity index (χ1v) is 8.65. The van der Waals surface area contributed by atoms with E-state index in [2.05, 4.69) is 26.2 Å². The van der Waals surface area contributed by atoms with Crippen LogP contribution in [0, 0.1) is 17.8 Å². The van der Waals surface area contributed by atoms with Gasteiger partial charge in [-0.2, -0.15) is 0 Å². The summed E-state index contributed by atoms with van der Waals surface area (Å²) in [5.41, 5.74) is 3.11. The number of unbranched alkanes of at least 4 members (excludes halogenated alkanes) is 4. The first-order valence-electron chi connectivity index (χ1n) is 8.65. The summed E-state index contributed by atoms with van der Waals surface area (Å²) < 4.78 is 0. The summed E-state index contributed by atoms with van der Waals surface area (Å²) in [4.78, 5) is 0. The van der Waals surface area contributed by atoms with Crippen molar-refractivity contribution in [2.24, 2.45) is 23.6 Å². The molecule has 0 amide bonds. The van der Waals surface area contributed by atoms with Crippen LogP contribution >= 0.6 is 0 Å². The van der Waals surface area contributed by atoms with E-state index in [1.165, 1.54) is 64.2 Å². The van der Waals surface area contributed by atoms with Crippen LogP contribution in [-0.4, -0.2) is 6.04 Å². The van der Waals surface area contributed by atoms with Crippen molar-refractivity contribution in [2.75, 3.05) is 0 Å². The molecule has 0 radical (unpaired) electrons. The Bertz CT molecular complexity index is 207. The van der Waals surface area contributed by atoms with Gasteiger partial charge in [0.1, 0.15) is 0 Å². The van der Waals surface area contributed by atoms with E-state index in [0.717, 1.165) is 17.8 Å². The van der Waals surface area contributed by atoms with Crippen molar-refractivity contribution in [1.29, 1.82) is 0 Å². The Morgan fingerprint density at radius 2 is 1.53 bits per heavy atom. The van der Waals surface area contributed by atoms with Gasteiger partial charge >= 0.3 is 0 Å². The van der Waals surface area contributed by atoms with E-state index in [1.807, 2.05) is 0 Å². The van der Waals surface area contributed by atoms with Crippen LogP contribution in [0.1, 0.15) is 85.0 Å². The van der Waals surface area contributed by atoms with E-state index in [4.69, 9.17) is 5.84 Å². The second kappa shape index (κ2) is 9.77. The minimum Gasteiger partial charge on any atom is -0.271 e. The minimum absolute atomic E-state index is 0.565. The van der Waals surface area contributed by atoms with E-state index in [1.54, 1.807) is 0 Å². The lowest BCUT2D eigenvalue weighted by Gasteiger charge is -2.35. The summed E-state index contributed by atoms with van der Waals surface area (Å²) in [5, 5.41) is 0. The predicted molar refractivity (Wildman–Crippen MR) is 84.8 cm³/mol. The van der Waals surface area contributed by atoms with Gasteiger partial charge in [0.25, 0.3) is 0 Å². The molecule has 1 aliphatic rings. The van der Waals surface area contributed by atoms with Gasteiger partial charge in [-0.15, -0.1) is 0 Å². The summed E-state index contributed by atoms with van der Waals surface area (Å²) in [6.45, 7) is 7.02. The zero-order valence-corrected chi connectivity index (χ0v) is 13.5. The average Bonchev–Trinajstić information content (AvgIpc) is 2.43. The van der Waals surface area contributed by atoms with Crippen molar-refractivity contribution in [1.82, 2.24) is 5.43 Å². The Morgan fingerprint density at radius 1 is 0.947 bits per heavy atom. The van der Waals surface area contributed by atoms with Crippen LogP contribution in [0.4, 0.5) is 0 Å². The fourth-order valence-corrected chi connectivity index (χ4v) is 3.64. The second-order valence-corrected chi connectivity index (χ2v) is 6.89. The number of hydrogen-bond acceptors (Lipinski definition) is 2. The maximum Gasteiger partial charge on any atom is 0.0238 e. The molecule has 0 bridgehead atoms. The smallest absolute Gasteiger partial charge is 0.0238 e. The quantitative estimate of drug-likeness (QED) is 0.363. The first-order chi connectivity index (χ1) is 9.19. The van der Waals surface area contributed by atoms with Crippen molar-refractivity contribution in [2.45, 2.75) is 91.0 Å². The molecule has 0 aromatic heterocycles. The number of hydrazine groups is 1. The van der Waals surface area contributed by atoms with Gasteiger partial charge in [-0.3, -0.25) is 11.3 Å². The van der Waals surface area contributed by atoms with E-state index >= 15 is 0 Å². The van der Waals surface area contributed by atoms with E-state index in [-0.39, 0.29) is 0 Å². The molecule has 1 atom stereocenters. The monoisotopic (exact) mass is 268 g/mol. The molecule has 0 aliphatic heterocycles. The number of nitrogens with one attached hydrogen (secondary N) is 1. The molecule has 0 heterocycles. The van der Waals surface area contributed by atoms with Crippen LogP contribution in [-0.2, 0) is 0 Å². The molecular formula is C17H36N2. The SMILES string of the molecule is CCCCCCCC(NN)C1CCC(C(C)C)CC1. The Kier molecular flexibility index (Phi) is 8.72. The lowest BCUT2D eigenvalue weighted by molar-refractivity contribution is 0.182.